The summed E-state index contributed by atoms with van der Waals surface area (Å²) in [7, 11) is 0. The molecule has 2 aromatic carbocycles. The quantitative estimate of drug-likeness (QED) is 0.744. The molecule has 0 aliphatic carbocycles. The molecule has 0 unspecified atom stereocenters. The third-order valence-corrected chi connectivity index (χ3v) is 3.75. The van der Waals surface area contributed by atoms with E-state index in [-0.39, 0.29) is 17.5 Å². The van der Waals surface area contributed by atoms with Gasteiger partial charge in [-0.1, -0.05) is 38.1 Å². The minimum Gasteiger partial charge on any atom is -0.507 e. The van der Waals surface area contributed by atoms with Crippen LogP contribution in [-0.2, 0) is 5.88 Å². The highest BCUT2D eigenvalue weighted by atomic mass is 35.5. The van der Waals surface area contributed by atoms with Gasteiger partial charge < -0.3 is 5.11 Å². The van der Waals surface area contributed by atoms with Crippen LogP contribution in [0.25, 0.3) is 16.5 Å². The van der Waals surface area contributed by atoms with Gasteiger partial charge in [0.2, 0.25) is 0 Å². The molecular weight excluding hydrogens is 286 g/mol. The summed E-state index contributed by atoms with van der Waals surface area (Å²) in [5, 5.41) is 20.2. The van der Waals surface area contributed by atoms with Crippen molar-refractivity contribution in [3.63, 3.8) is 0 Å². The van der Waals surface area contributed by atoms with Gasteiger partial charge in [0.25, 0.3) is 0 Å². The molecule has 0 saturated heterocycles. The number of nitrogens with zero attached hydrogens (tertiary/aromatic N) is 3. The third-order valence-electron chi connectivity index (χ3n) is 3.51. The van der Waals surface area contributed by atoms with E-state index in [1.165, 1.54) is 0 Å². The van der Waals surface area contributed by atoms with Gasteiger partial charge in [0.1, 0.15) is 11.6 Å². The Balaban J connectivity index is 2.36. The molecule has 0 amide bonds. The maximum absolute atomic E-state index is 10.0. The molecule has 5 heteroatoms. The first-order valence-corrected chi connectivity index (χ1v) is 7.38. The molecule has 0 fully saturated rings. The molecule has 0 saturated carbocycles. The first-order chi connectivity index (χ1) is 10.1. The Labute approximate surface area is 128 Å². The van der Waals surface area contributed by atoms with E-state index < -0.39 is 0 Å². The van der Waals surface area contributed by atoms with E-state index in [1.807, 2.05) is 34.9 Å². The highest BCUT2D eigenvalue weighted by molar-refractivity contribution is 6.16. The van der Waals surface area contributed by atoms with Crippen LogP contribution in [0, 0.1) is 0 Å². The molecule has 3 aromatic rings. The summed E-state index contributed by atoms with van der Waals surface area (Å²) < 4.78 is 1.99. The van der Waals surface area contributed by atoms with Crippen molar-refractivity contribution in [2.24, 2.45) is 0 Å². The number of alkyl halides is 1. The summed E-state index contributed by atoms with van der Waals surface area (Å²) in [5.74, 6) is 2.34. The number of aromatic nitrogens is 3. The number of phenols is 1. The van der Waals surface area contributed by atoms with E-state index >= 15 is 0 Å². The van der Waals surface area contributed by atoms with E-state index in [4.69, 9.17) is 11.6 Å². The van der Waals surface area contributed by atoms with Crippen LogP contribution in [0.2, 0.25) is 0 Å². The summed E-state index contributed by atoms with van der Waals surface area (Å²) in [6.45, 7) is 4.14. The second kappa shape index (κ2) is 5.37. The average molecular weight is 302 g/mol. The van der Waals surface area contributed by atoms with Crippen LogP contribution in [0.1, 0.15) is 31.4 Å². The van der Waals surface area contributed by atoms with Crippen LogP contribution in [-0.4, -0.2) is 19.9 Å². The van der Waals surface area contributed by atoms with Gasteiger partial charge in [0.15, 0.2) is 5.82 Å². The molecule has 0 bridgehead atoms. The number of hydrogen-bond acceptors (Lipinski definition) is 3. The van der Waals surface area contributed by atoms with E-state index in [2.05, 4.69) is 24.0 Å². The van der Waals surface area contributed by atoms with Crippen molar-refractivity contribution >= 4 is 22.4 Å². The van der Waals surface area contributed by atoms with Crippen molar-refractivity contribution in [3.05, 3.63) is 48.0 Å². The fraction of sp³-hybridized carbons (Fsp3) is 0.250. The fourth-order valence-electron chi connectivity index (χ4n) is 2.53. The predicted molar refractivity (Wildman–Crippen MR) is 84.2 cm³/mol. The first-order valence-electron chi connectivity index (χ1n) is 6.84. The van der Waals surface area contributed by atoms with Crippen molar-refractivity contribution in [3.8, 4) is 11.4 Å². The van der Waals surface area contributed by atoms with Crippen molar-refractivity contribution in [1.29, 1.82) is 0 Å². The largest absolute Gasteiger partial charge is 0.507 e. The Morgan fingerprint density at radius 2 is 1.81 bits per heavy atom. The molecule has 1 N–H and O–H groups in total. The third kappa shape index (κ3) is 2.25. The van der Waals surface area contributed by atoms with E-state index in [0.29, 0.717) is 5.82 Å². The normalized spacial score (nSPS) is 11.4. The van der Waals surface area contributed by atoms with Crippen LogP contribution < -0.4 is 0 Å². The zero-order valence-corrected chi connectivity index (χ0v) is 12.7. The minimum atomic E-state index is 0.224. The Kier molecular flexibility index (Phi) is 3.55. The molecule has 108 valence electrons. The molecule has 21 heavy (non-hydrogen) atoms. The number of phenolic OH excluding ortho intramolecular Hbond substituents is 1. The lowest BCUT2D eigenvalue weighted by Gasteiger charge is -2.14. The Morgan fingerprint density at radius 3 is 2.52 bits per heavy atom. The van der Waals surface area contributed by atoms with Crippen LogP contribution in [0.15, 0.2) is 36.4 Å². The van der Waals surface area contributed by atoms with Crippen LogP contribution in [0.5, 0.6) is 5.75 Å². The molecule has 4 nitrogen and oxygen atoms in total. The summed E-state index contributed by atoms with van der Waals surface area (Å²) >= 11 is 6.01. The zero-order chi connectivity index (χ0) is 15.0. The summed E-state index contributed by atoms with van der Waals surface area (Å²) in [6, 6.07) is 11.3. The Hall–Kier alpha value is -2.07. The van der Waals surface area contributed by atoms with Gasteiger partial charge in [-0.05, 0) is 12.1 Å². The molecule has 1 heterocycles. The number of hydrogen-bond donors (Lipinski definition) is 1. The second-order valence-corrected chi connectivity index (χ2v) is 5.51. The van der Waals surface area contributed by atoms with E-state index in [1.54, 1.807) is 6.07 Å². The van der Waals surface area contributed by atoms with Gasteiger partial charge >= 0.3 is 0 Å². The van der Waals surface area contributed by atoms with Crippen LogP contribution in [0.3, 0.4) is 0 Å². The van der Waals surface area contributed by atoms with Gasteiger partial charge in [0, 0.05) is 16.7 Å². The van der Waals surface area contributed by atoms with E-state index in [0.717, 1.165) is 22.3 Å². The maximum atomic E-state index is 10.0. The Morgan fingerprint density at radius 1 is 1.10 bits per heavy atom. The molecule has 3 rings (SSSR count). The first kappa shape index (κ1) is 13.9. The highest BCUT2D eigenvalue weighted by Gasteiger charge is 2.17. The average Bonchev–Trinajstić information content (AvgIpc) is 2.91. The summed E-state index contributed by atoms with van der Waals surface area (Å²) in [5.41, 5.74) is 0.938. The molecule has 0 spiro atoms. The van der Waals surface area contributed by atoms with Crippen molar-refractivity contribution in [1.82, 2.24) is 14.8 Å². The zero-order valence-electron chi connectivity index (χ0n) is 11.9. The molecule has 0 radical (unpaired) electrons. The lowest BCUT2D eigenvalue weighted by molar-refractivity contribution is 0.481. The topological polar surface area (TPSA) is 50.9 Å². The Bertz CT molecular complexity index is 795. The lowest BCUT2D eigenvalue weighted by Crippen LogP contribution is -2.06. The maximum Gasteiger partial charge on any atom is 0.152 e. The smallest absolute Gasteiger partial charge is 0.152 e. The van der Waals surface area contributed by atoms with Gasteiger partial charge in [-0.25, -0.2) is 0 Å². The standard InChI is InChI=1S/C16H16ClN3O/c1-10(2)16-19-18-15(9-17)20(16)13-7-3-6-12-11(13)5-4-8-14(12)21/h3-8,10,21H,9H2,1-2H3. The highest BCUT2D eigenvalue weighted by Crippen LogP contribution is 2.31. The second-order valence-electron chi connectivity index (χ2n) is 5.25. The molecular formula is C16H16ClN3O. The molecule has 0 aliphatic rings. The summed E-state index contributed by atoms with van der Waals surface area (Å²) in [4.78, 5) is 0. The van der Waals surface area contributed by atoms with Crippen LogP contribution in [0.4, 0.5) is 0 Å². The van der Waals surface area contributed by atoms with Gasteiger partial charge in [0.05, 0.1) is 11.6 Å². The monoisotopic (exact) mass is 301 g/mol. The van der Waals surface area contributed by atoms with Crippen LogP contribution >= 0.6 is 11.6 Å². The summed E-state index contributed by atoms with van der Waals surface area (Å²) in [6.07, 6.45) is 0. The number of rotatable bonds is 3. The van der Waals surface area contributed by atoms with E-state index in [9.17, 15) is 5.11 Å². The number of benzene rings is 2. The van der Waals surface area contributed by atoms with Crippen molar-refractivity contribution in [2.45, 2.75) is 25.6 Å². The number of aromatic hydroxyl groups is 1. The fourth-order valence-corrected chi connectivity index (χ4v) is 2.70. The SMILES string of the molecule is CC(C)c1nnc(CCl)n1-c1cccc2c(O)cccc12. The predicted octanol–water partition coefficient (Wildman–Crippen LogP) is 3.99. The number of fused-ring (bicyclic) bond motifs is 1. The van der Waals surface area contributed by atoms with Gasteiger partial charge in [-0.3, -0.25) is 4.57 Å². The number of halogens is 1. The van der Waals surface area contributed by atoms with Gasteiger partial charge in [-0.2, -0.15) is 0 Å². The van der Waals surface area contributed by atoms with Crippen molar-refractivity contribution < 1.29 is 5.11 Å². The lowest BCUT2D eigenvalue weighted by atomic mass is 10.1. The van der Waals surface area contributed by atoms with Crippen molar-refractivity contribution in [2.75, 3.05) is 0 Å². The molecule has 0 atom stereocenters. The minimum absolute atomic E-state index is 0.224. The molecule has 1 aromatic heterocycles. The molecule has 0 aliphatic heterocycles. The van der Waals surface area contributed by atoms with Gasteiger partial charge in [-0.15, -0.1) is 21.8 Å².